The second-order valence-electron chi connectivity index (χ2n) is 6.67. The molecule has 3 aromatic rings. The van der Waals surface area contributed by atoms with Crippen LogP contribution in [0.2, 0.25) is 0 Å². The number of nitrogens with zero attached hydrogens (tertiary/aromatic N) is 2. The fraction of sp³-hybridized carbons (Fsp3) is 0.217. The second kappa shape index (κ2) is 9.59. The summed E-state index contributed by atoms with van der Waals surface area (Å²) in [5.74, 6) is -0.666. The number of unbranched alkanes of at least 4 members (excludes halogenated alkanes) is 2. The monoisotopic (exact) mass is 390 g/mol. The van der Waals surface area contributed by atoms with E-state index in [1.165, 1.54) is 37.1 Å². The molecule has 0 spiro atoms. The minimum absolute atomic E-state index is 0.130. The van der Waals surface area contributed by atoms with Crippen molar-refractivity contribution in [3.05, 3.63) is 77.6 Å². The van der Waals surface area contributed by atoms with Gasteiger partial charge >= 0.3 is 11.9 Å². The van der Waals surface area contributed by atoms with Gasteiger partial charge in [0.1, 0.15) is 5.75 Å². The number of esters is 1. The van der Waals surface area contributed by atoms with E-state index in [1.54, 1.807) is 24.3 Å². The number of carbonyl (C=O) groups excluding carboxylic acids is 1. The summed E-state index contributed by atoms with van der Waals surface area (Å²) in [6.45, 7) is 2.17. The highest BCUT2D eigenvalue weighted by molar-refractivity contribution is 5.92. The first-order chi connectivity index (χ1) is 14.1. The molecule has 3 rings (SSSR count). The summed E-state index contributed by atoms with van der Waals surface area (Å²) in [5, 5.41) is 8.90. The van der Waals surface area contributed by atoms with Gasteiger partial charge in [-0.2, -0.15) is 0 Å². The van der Waals surface area contributed by atoms with Crippen LogP contribution in [0.3, 0.4) is 0 Å². The number of benzene rings is 2. The Kier molecular flexibility index (Phi) is 6.68. The van der Waals surface area contributed by atoms with Crippen LogP contribution in [0.1, 0.15) is 52.5 Å². The second-order valence-corrected chi connectivity index (χ2v) is 6.67. The number of aromatic carboxylic acids is 1. The zero-order valence-corrected chi connectivity index (χ0v) is 16.2. The number of aryl methyl sites for hydroxylation is 1. The minimum atomic E-state index is -1.03. The molecule has 2 aromatic carbocycles. The van der Waals surface area contributed by atoms with E-state index in [0.29, 0.717) is 11.4 Å². The van der Waals surface area contributed by atoms with Gasteiger partial charge in [-0.1, -0.05) is 31.9 Å². The molecule has 1 N–H and O–H groups in total. The van der Waals surface area contributed by atoms with Crippen LogP contribution in [0.25, 0.3) is 11.4 Å². The summed E-state index contributed by atoms with van der Waals surface area (Å²) >= 11 is 0. The SMILES string of the molecule is CCCCCc1cnc(-c2ccc(C(=O)Oc3ccc(C(=O)O)cc3)cc2)nc1. The number of rotatable bonds is 8. The van der Waals surface area contributed by atoms with Crippen molar-refractivity contribution >= 4 is 11.9 Å². The van der Waals surface area contributed by atoms with Crippen molar-refractivity contribution < 1.29 is 19.4 Å². The number of carboxylic acids is 1. The number of carbonyl (C=O) groups is 2. The first kappa shape index (κ1) is 20.2. The maximum atomic E-state index is 12.3. The third-order valence-electron chi connectivity index (χ3n) is 4.46. The number of aromatic nitrogens is 2. The zero-order chi connectivity index (χ0) is 20.6. The molecule has 29 heavy (non-hydrogen) atoms. The Morgan fingerprint density at radius 2 is 1.52 bits per heavy atom. The highest BCUT2D eigenvalue weighted by Crippen LogP contribution is 2.18. The molecular formula is C23H22N2O4. The van der Waals surface area contributed by atoms with Gasteiger partial charge in [-0.3, -0.25) is 0 Å². The first-order valence-corrected chi connectivity index (χ1v) is 9.53. The number of ether oxygens (including phenoxy) is 1. The molecule has 1 aromatic heterocycles. The van der Waals surface area contributed by atoms with Crippen molar-refractivity contribution in [3.8, 4) is 17.1 Å². The number of hydrogen-bond donors (Lipinski definition) is 1. The van der Waals surface area contributed by atoms with Crippen LogP contribution in [0.5, 0.6) is 5.75 Å². The van der Waals surface area contributed by atoms with Crippen molar-refractivity contribution in [2.24, 2.45) is 0 Å². The minimum Gasteiger partial charge on any atom is -0.478 e. The van der Waals surface area contributed by atoms with Crippen LogP contribution in [0, 0.1) is 0 Å². The van der Waals surface area contributed by atoms with E-state index in [-0.39, 0.29) is 11.3 Å². The lowest BCUT2D eigenvalue weighted by atomic mass is 10.1. The molecule has 0 aliphatic heterocycles. The summed E-state index contributed by atoms with van der Waals surface area (Å²) in [5.41, 5.74) is 2.45. The van der Waals surface area contributed by atoms with Crippen LogP contribution < -0.4 is 4.74 Å². The van der Waals surface area contributed by atoms with Crippen LogP contribution >= 0.6 is 0 Å². The maximum absolute atomic E-state index is 12.3. The topological polar surface area (TPSA) is 89.4 Å². The van der Waals surface area contributed by atoms with Gasteiger partial charge in [-0.05, 0) is 54.8 Å². The molecule has 0 bridgehead atoms. The number of carboxylic acid groups (broad SMARTS) is 1. The van der Waals surface area contributed by atoms with E-state index in [4.69, 9.17) is 9.84 Å². The van der Waals surface area contributed by atoms with E-state index < -0.39 is 11.9 Å². The van der Waals surface area contributed by atoms with E-state index >= 15 is 0 Å². The molecule has 0 aliphatic rings. The van der Waals surface area contributed by atoms with Crippen molar-refractivity contribution in [2.45, 2.75) is 32.6 Å². The third-order valence-corrected chi connectivity index (χ3v) is 4.46. The highest BCUT2D eigenvalue weighted by Gasteiger charge is 2.11. The third kappa shape index (κ3) is 5.48. The number of hydrogen-bond acceptors (Lipinski definition) is 5. The largest absolute Gasteiger partial charge is 0.478 e. The van der Waals surface area contributed by atoms with Gasteiger partial charge in [0.25, 0.3) is 0 Å². The lowest BCUT2D eigenvalue weighted by Crippen LogP contribution is -2.08. The van der Waals surface area contributed by atoms with Crippen LogP contribution in [0.4, 0.5) is 0 Å². The van der Waals surface area contributed by atoms with E-state index in [9.17, 15) is 9.59 Å². The molecule has 0 saturated carbocycles. The Morgan fingerprint density at radius 3 is 2.10 bits per heavy atom. The summed E-state index contributed by atoms with van der Waals surface area (Å²) < 4.78 is 5.28. The van der Waals surface area contributed by atoms with Gasteiger partial charge in [0.2, 0.25) is 0 Å². The summed E-state index contributed by atoms with van der Waals surface area (Å²) in [6.07, 6.45) is 8.19. The van der Waals surface area contributed by atoms with Crippen LogP contribution in [0.15, 0.2) is 60.9 Å². The van der Waals surface area contributed by atoms with Gasteiger partial charge in [0, 0.05) is 18.0 Å². The summed E-state index contributed by atoms with van der Waals surface area (Å²) in [4.78, 5) is 32.0. The average Bonchev–Trinajstić information content (AvgIpc) is 2.75. The first-order valence-electron chi connectivity index (χ1n) is 9.53. The summed E-state index contributed by atoms with van der Waals surface area (Å²) in [6, 6.07) is 12.5. The maximum Gasteiger partial charge on any atom is 0.343 e. The Balaban J connectivity index is 1.63. The fourth-order valence-corrected chi connectivity index (χ4v) is 2.80. The Bertz CT molecular complexity index is 965. The standard InChI is InChI=1S/C23H22N2O4/c1-2-3-4-5-16-14-24-21(25-15-16)17-6-8-19(9-7-17)23(28)29-20-12-10-18(11-13-20)22(26)27/h6-15H,2-5H2,1H3,(H,26,27). The molecule has 0 atom stereocenters. The molecule has 148 valence electrons. The highest BCUT2D eigenvalue weighted by atomic mass is 16.5. The fourth-order valence-electron chi connectivity index (χ4n) is 2.80. The van der Waals surface area contributed by atoms with Crippen molar-refractivity contribution in [1.82, 2.24) is 9.97 Å². The van der Waals surface area contributed by atoms with Gasteiger partial charge < -0.3 is 9.84 Å². The van der Waals surface area contributed by atoms with Gasteiger partial charge in [-0.25, -0.2) is 19.6 Å². The van der Waals surface area contributed by atoms with E-state index in [2.05, 4.69) is 16.9 Å². The Labute approximate surface area is 169 Å². The van der Waals surface area contributed by atoms with E-state index in [0.717, 1.165) is 24.0 Å². The molecular weight excluding hydrogens is 368 g/mol. The van der Waals surface area contributed by atoms with Crippen molar-refractivity contribution in [2.75, 3.05) is 0 Å². The molecule has 0 radical (unpaired) electrons. The molecule has 6 heteroatoms. The van der Waals surface area contributed by atoms with Crippen molar-refractivity contribution in [1.29, 1.82) is 0 Å². The zero-order valence-electron chi connectivity index (χ0n) is 16.2. The smallest absolute Gasteiger partial charge is 0.343 e. The lowest BCUT2D eigenvalue weighted by molar-refractivity contribution is 0.0696. The molecule has 6 nitrogen and oxygen atoms in total. The van der Waals surface area contributed by atoms with Crippen LogP contribution in [-0.2, 0) is 6.42 Å². The van der Waals surface area contributed by atoms with Gasteiger partial charge in [0.15, 0.2) is 5.82 Å². The molecule has 0 unspecified atom stereocenters. The van der Waals surface area contributed by atoms with Crippen LogP contribution in [-0.4, -0.2) is 27.0 Å². The van der Waals surface area contributed by atoms with Gasteiger partial charge in [-0.15, -0.1) is 0 Å². The molecule has 0 aliphatic carbocycles. The van der Waals surface area contributed by atoms with Gasteiger partial charge in [0.05, 0.1) is 11.1 Å². The Morgan fingerprint density at radius 1 is 0.897 bits per heavy atom. The quantitative estimate of drug-likeness (QED) is 0.338. The molecule has 1 heterocycles. The Hall–Kier alpha value is -3.54. The molecule has 0 amide bonds. The molecule has 0 saturated heterocycles. The van der Waals surface area contributed by atoms with Crippen molar-refractivity contribution in [3.63, 3.8) is 0 Å². The summed E-state index contributed by atoms with van der Waals surface area (Å²) in [7, 11) is 0. The molecule has 0 fully saturated rings. The lowest BCUT2D eigenvalue weighted by Gasteiger charge is -2.06. The predicted molar refractivity (Wildman–Crippen MR) is 109 cm³/mol. The normalized spacial score (nSPS) is 10.5. The van der Waals surface area contributed by atoms with E-state index in [1.807, 2.05) is 12.4 Å². The average molecular weight is 390 g/mol. The predicted octanol–water partition coefficient (Wildman–Crippen LogP) is 4.79.